The maximum absolute atomic E-state index is 4.60. The molecule has 16 heavy (non-hydrogen) atoms. The zero-order valence-corrected chi connectivity index (χ0v) is 11.3. The van der Waals surface area contributed by atoms with E-state index in [1.165, 1.54) is 10.7 Å². The molecule has 3 heteroatoms. The Hall–Kier alpha value is -0.670. The van der Waals surface area contributed by atoms with E-state index in [4.69, 9.17) is 0 Å². The van der Waals surface area contributed by atoms with Crippen LogP contribution < -0.4 is 5.32 Å². The summed E-state index contributed by atoms with van der Waals surface area (Å²) in [5.41, 5.74) is 1.21. The Morgan fingerprint density at radius 3 is 2.81 bits per heavy atom. The summed E-state index contributed by atoms with van der Waals surface area (Å²) in [7, 11) is 0. The van der Waals surface area contributed by atoms with E-state index in [1.807, 2.05) is 6.08 Å². The van der Waals surface area contributed by atoms with Crippen LogP contribution in [0.1, 0.15) is 50.2 Å². The average molecular weight is 238 g/mol. The lowest BCUT2D eigenvalue weighted by atomic mass is 10.2. The third kappa shape index (κ3) is 4.45. The topological polar surface area (TPSA) is 24.9 Å². The summed E-state index contributed by atoms with van der Waals surface area (Å²) in [5.74, 6) is 0.531. The molecule has 1 heterocycles. The summed E-state index contributed by atoms with van der Waals surface area (Å²) in [6.07, 6.45) is 4.19. The van der Waals surface area contributed by atoms with Crippen LogP contribution in [-0.2, 0) is 6.54 Å². The molecule has 0 aromatic carbocycles. The zero-order valence-electron chi connectivity index (χ0n) is 10.5. The Balaban J connectivity index is 2.33. The van der Waals surface area contributed by atoms with Gasteiger partial charge in [-0.3, -0.25) is 0 Å². The molecule has 0 aliphatic carbocycles. The van der Waals surface area contributed by atoms with Gasteiger partial charge in [0.15, 0.2) is 0 Å². The molecule has 1 unspecified atom stereocenters. The molecule has 0 aliphatic rings. The molecule has 0 bridgehead atoms. The van der Waals surface area contributed by atoms with Gasteiger partial charge in [0, 0.05) is 18.0 Å². The number of rotatable bonds is 7. The molecule has 0 aliphatic heterocycles. The maximum Gasteiger partial charge on any atom is 0.107 e. The summed E-state index contributed by atoms with van der Waals surface area (Å²) in [4.78, 5) is 4.60. The van der Waals surface area contributed by atoms with Crippen molar-refractivity contribution in [2.24, 2.45) is 0 Å². The van der Waals surface area contributed by atoms with Crippen molar-refractivity contribution in [3.63, 3.8) is 0 Å². The summed E-state index contributed by atoms with van der Waals surface area (Å²) < 4.78 is 0. The monoisotopic (exact) mass is 238 g/mol. The van der Waals surface area contributed by atoms with E-state index in [1.54, 1.807) is 11.3 Å². The maximum atomic E-state index is 4.60. The number of nitrogens with one attached hydrogen (secondary N) is 1. The molecule has 0 saturated heterocycles. The van der Waals surface area contributed by atoms with E-state index >= 15 is 0 Å². The van der Waals surface area contributed by atoms with Crippen molar-refractivity contribution in [3.05, 3.63) is 28.7 Å². The van der Waals surface area contributed by atoms with E-state index in [0.717, 1.165) is 19.4 Å². The first-order valence-electron chi connectivity index (χ1n) is 5.92. The summed E-state index contributed by atoms with van der Waals surface area (Å²) in [6, 6.07) is 0.532. The molecule has 90 valence electrons. The van der Waals surface area contributed by atoms with Gasteiger partial charge in [0.1, 0.15) is 5.01 Å². The van der Waals surface area contributed by atoms with E-state index in [0.29, 0.717) is 12.0 Å². The third-order valence-electron chi connectivity index (χ3n) is 2.57. The van der Waals surface area contributed by atoms with Gasteiger partial charge in [-0.15, -0.1) is 17.9 Å². The van der Waals surface area contributed by atoms with Gasteiger partial charge in [-0.2, -0.15) is 0 Å². The highest BCUT2D eigenvalue weighted by molar-refractivity contribution is 7.09. The lowest BCUT2D eigenvalue weighted by Gasteiger charge is -2.10. The highest BCUT2D eigenvalue weighted by Gasteiger charge is 2.06. The first-order valence-corrected chi connectivity index (χ1v) is 6.80. The minimum absolute atomic E-state index is 0.531. The number of aromatic nitrogens is 1. The molecular formula is C13H22N2S. The second-order valence-corrected chi connectivity index (χ2v) is 5.41. The van der Waals surface area contributed by atoms with Crippen molar-refractivity contribution in [3.8, 4) is 0 Å². The van der Waals surface area contributed by atoms with Crippen molar-refractivity contribution in [1.82, 2.24) is 10.3 Å². The third-order valence-corrected chi connectivity index (χ3v) is 3.43. The van der Waals surface area contributed by atoms with Crippen LogP contribution in [0.25, 0.3) is 0 Å². The van der Waals surface area contributed by atoms with Crippen LogP contribution >= 0.6 is 11.3 Å². The second-order valence-electron chi connectivity index (χ2n) is 4.47. The second kappa shape index (κ2) is 6.81. The van der Waals surface area contributed by atoms with Crippen LogP contribution in [0, 0.1) is 0 Å². The standard InChI is InChI=1S/C13H22N2S/c1-5-6-7-11(4)14-8-13-15-12(9-16-13)10(2)3/h5,9-11,14H,1,6-8H2,2-4H3. The lowest BCUT2D eigenvalue weighted by Crippen LogP contribution is -2.25. The fourth-order valence-corrected chi connectivity index (χ4v) is 2.31. The van der Waals surface area contributed by atoms with Gasteiger partial charge in [0.05, 0.1) is 5.69 Å². The number of hydrogen-bond acceptors (Lipinski definition) is 3. The minimum Gasteiger partial charge on any atom is -0.308 e. The Kier molecular flexibility index (Phi) is 5.71. The number of thiazole rings is 1. The Morgan fingerprint density at radius 1 is 1.50 bits per heavy atom. The largest absolute Gasteiger partial charge is 0.308 e. The van der Waals surface area contributed by atoms with Crippen LogP contribution in [0.3, 0.4) is 0 Å². The van der Waals surface area contributed by atoms with E-state index in [2.05, 4.69) is 43.0 Å². The molecule has 0 radical (unpaired) electrons. The van der Waals surface area contributed by atoms with Gasteiger partial charge in [0.25, 0.3) is 0 Å². The van der Waals surface area contributed by atoms with Crippen LogP contribution in [0.2, 0.25) is 0 Å². The predicted octanol–water partition coefficient (Wildman–Crippen LogP) is 3.71. The van der Waals surface area contributed by atoms with Crippen LogP contribution in [-0.4, -0.2) is 11.0 Å². The normalized spacial score (nSPS) is 13.0. The molecule has 1 rings (SSSR count). The van der Waals surface area contributed by atoms with E-state index < -0.39 is 0 Å². The van der Waals surface area contributed by atoms with Crippen molar-refractivity contribution >= 4 is 11.3 Å². The number of hydrogen-bond donors (Lipinski definition) is 1. The quantitative estimate of drug-likeness (QED) is 0.732. The van der Waals surface area contributed by atoms with Crippen molar-refractivity contribution in [1.29, 1.82) is 0 Å². The van der Waals surface area contributed by atoms with E-state index in [9.17, 15) is 0 Å². The number of nitrogens with zero attached hydrogens (tertiary/aromatic N) is 1. The molecule has 1 aromatic rings. The summed E-state index contributed by atoms with van der Waals surface area (Å²) in [5, 5.41) is 6.84. The van der Waals surface area contributed by atoms with Gasteiger partial charge in [-0.05, 0) is 25.7 Å². The SMILES string of the molecule is C=CCCC(C)NCc1nc(C(C)C)cs1. The first kappa shape index (κ1) is 13.4. The molecule has 0 spiro atoms. The molecule has 1 aromatic heterocycles. The predicted molar refractivity (Wildman–Crippen MR) is 71.9 cm³/mol. The van der Waals surface area contributed by atoms with E-state index in [-0.39, 0.29) is 0 Å². The first-order chi connectivity index (χ1) is 7.63. The highest BCUT2D eigenvalue weighted by Crippen LogP contribution is 2.17. The Labute approximate surface area is 103 Å². The molecule has 1 atom stereocenters. The van der Waals surface area contributed by atoms with Crippen molar-refractivity contribution in [2.75, 3.05) is 0 Å². The van der Waals surface area contributed by atoms with Gasteiger partial charge in [0.2, 0.25) is 0 Å². The van der Waals surface area contributed by atoms with Crippen molar-refractivity contribution < 1.29 is 0 Å². The van der Waals surface area contributed by atoms with Crippen molar-refractivity contribution in [2.45, 2.75) is 52.1 Å². The van der Waals surface area contributed by atoms with Crippen LogP contribution in [0.15, 0.2) is 18.0 Å². The smallest absolute Gasteiger partial charge is 0.107 e. The molecule has 0 fully saturated rings. The van der Waals surface area contributed by atoms with Crippen LogP contribution in [0.4, 0.5) is 0 Å². The average Bonchev–Trinajstić information content (AvgIpc) is 2.72. The Morgan fingerprint density at radius 2 is 2.25 bits per heavy atom. The highest BCUT2D eigenvalue weighted by atomic mass is 32.1. The van der Waals surface area contributed by atoms with Gasteiger partial charge < -0.3 is 5.32 Å². The summed E-state index contributed by atoms with van der Waals surface area (Å²) in [6.45, 7) is 11.2. The lowest BCUT2D eigenvalue weighted by molar-refractivity contribution is 0.516. The van der Waals surface area contributed by atoms with Gasteiger partial charge in [-0.25, -0.2) is 4.98 Å². The fourth-order valence-electron chi connectivity index (χ4n) is 1.40. The van der Waals surface area contributed by atoms with Crippen LogP contribution in [0.5, 0.6) is 0 Å². The minimum atomic E-state index is 0.531. The molecular weight excluding hydrogens is 216 g/mol. The molecule has 1 N–H and O–H groups in total. The molecule has 2 nitrogen and oxygen atoms in total. The molecule has 0 saturated carbocycles. The van der Waals surface area contributed by atoms with Gasteiger partial charge >= 0.3 is 0 Å². The van der Waals surface area contributed by atoms with Gasteiger partial charge in [-0.1, -0.05) is 19.9 Å². The molecule has 0 amide bonds. The fraction of sp³-hybridized carbons (Fsp3) is 0.615. The zero-order chi connectivity index (χ0) is 12.0. The number of allylic oxidation sites excluding steroid dienone is 1. The Bertz CT molecular complexity index is 317. The summed E-state index contributed by atoms with van der Waals surface area (Å²) >= 11 is 1.75.